The van der Waals surface area contributed by atoms with Gasteiger partial charge in [-0.15, -0.1) is 11.8 Å². The summed E-state index contributed by atoms with van der Waals surface area (Å²) in [5, 5.41) is 3.58. The van der Waals surface area contributed by atoms with Gasteiger partial charge in [-0.1, -0.05) is 29.8 Å². The van der Waals surface area contributed by atoms with Crippen LogP contribution in [0.4, 0.5) is 5.69 Å². The molecule has 0 fully saturated rings. The Hall–Kier alpha value is -1.41. The van der Waals surface area contributed by atoms with Crippen LogP contribution in [-0.2, 0) is 0 Å². The number of benzene rings is 2. The Bertz CT molecular complexity index is 563. The monoisotopic (exact) mass is 271 g/mol. The van der Waals surface area contributed by atoms with E-state index in [1.54, 1.807) is 11.8 Å². The van der Waals surface area contributed by atoms with Gasteiger partial charge < -0.3 is 5.32 Å². The van der Waals surface area contributed by atoms with Gasteiger partial charge in [-0.05, 0) is 56.4 Å². The van der Waals surface area contributed by atoms with Crippen LogP contribution in [0, 0.1) is 13.8 Å². The topological polar surface area (TPSA) is 12.0 Å². The van der Waals surface area contributed by atoms with E-state index in [0.717, 1.165) is 0 Å². The molecule has 1 nitrogen and oxygen atoms in total. The molecule has 0 radical (unpaired) electrons. The van der Waals surface area contributed by atoms with Gasteiger partial charge in [0, 0.05) is 16.6 Å². The summed E-state index contributed by atoms with van der Waals surface area (Å²) in [6.07, 6.45) is 2.10. The third-order valence-electron chi connectivity index (χ3n) is 3.34. The molecule has 1 unspecified atom stereocenters. The molecule has 0 saturated heterocycles. The smallest absolute Gasteiger partial charge is 0.0488 e. The maximum absolute atomic E-state index is 3.58. The minimum absolute atomic E-state index is 0.317. The third kappa shape index (κ3) is 3.54. The first-order valence-corrected chi connectivity index (χ1v) is 7.80. The van der Waals surface area contributed by atoms with Gasteiger partial charge >= 0.3 is 0 Å². The summed E-state index contributed by atoms with van der Waals surface area (Å²) in [5.74, 6) is 0. The molecule has 2 heteroatoms. The van der Waals surface area contributed by atoms with Crippen LogP contribution < -0.4 is 5.32 Å². The lowest BCUT2D eigenvalue weighted by atomic mass is 10.00. The molecular formula is C17H21NS. The molecular weight excluding hydrogens is 250 g/mol. The van der Waals surface area contributed by atoms with E-state index in [-0.39, 0.29) is 0 Å². The molecule has 1 atom stereocenters. The van der Waals surface area contributed by atoms with E-state index in [1.807, 2.05) is 0 Å². The van der Waals surface area contributed by atoms with E-state index in [0.29, 0.717) is 6.04 Å². The maximum Gasteiger partial charge on any atom is 0.0488 e. The number of hydrogen-bond donors (Lipinski definition) is 1. The molecule has 0 aromatic heterocycles. The number of hydrogen-bond acceptors (Lipinski definition) is 2. The average molecular weight is 271 g/mol. The van der Waals surface area contributed by atoms with E-state index in [1.165, 1.54) is 27.3 Å². The van der Waals surface area contributed by atoms with Crippen LogP contribution in [-0.4, -0.2) is 6.26 Å². The van der Waals surface area contributed by atoms with E-state index >= 15 is 0 Å². The zero-order chi connectivity index (χ0) is 13.8. The lowest BCUT2D eigenvalue weighted by Gasteiger charge is -2.18. The molecule has 0 spiro atoms. The van der Waals surface area contributed by atoms with Crippen molar-refractivity contribution in [2.45, 2.75) is 31.7 Å². The van der Waals surface area contributed by atoms with Crippen LogP contribution in [0.5, 0.6) is 0 Å². The highest BCUT2D eigenvalue weighted by Gasteiger charge is 2.08. The molecule has 0 aliphatic carbocycles. The molecule has 0 aliphatic heterocycles. The molecule has 19 heavy (non-hydrogen) atoms. The zero-order valence-corrected chi connectivity index (χ0v) is 12.8. The van der Waals surface area contributed by atoms with Crippen molar-refractivity contribution in [3.8, 4) is 0 Å². The summed E-state index contributed by atoms with van der Waals surface area (Å²) >= 11 is 1.77. The Morgan fingerprint density at radius 2 is 1.84 bits per heavy atom. The third-order valence-corrected chi connectivity index (χ3v) is 4.07. The molecule has 0 bridgehead atoms. The first-order chi connectivity index (χ1) is 9.10. The van der Waals surface area contributed by atoms with Gasteiger partial charge in [-0.25, -0.2) is 0 Å². The minimum atomic E-state index is 0.317. The molecule has 0 aliphatic rings. The number of nitrogens with one attached hydrogen (secondary N) is 1. The van der Waals surface area contributed by atoms with Gasteiger partial charge in [0.05, 0.1) is 0 Å². The van der Waals surface area contributed by atoms with Crippen LogP contribution in [0.3, 0.4) is 0 Å². The van der Waals surface area contributed by atoms with Gasteiger partial charge in [0.2, 0.25) is 0 Å². The standard InChI is InChI=1S/C17H21NS/c1-12-8-9-17(13(2)10-12)14(3)18-15-6-5-7-16(11-15)19-4/h5-11,14,18H,1-4H3. The normalized spacial score (nSPS) is 12.2. The van der Waals surface area contributed by atoms with Gasteiger partial charge in [0.15, 0.2) is 0 Å². The Balaban J connectivity index is 2.17. The van der Waals surface area contributed by atoms with Crippen molar-refractivity contribution in [3.05, 3.63) is 59.2 Å². The maximum atomic E-state index is 3.58. The summed E-state index contributed by atoms with van der Waals surface area (Å²) in [7, 11) is 0. The van der Waals surface area contributed by atoms with Crippen molar-refractivity contribution in [3.63, 3.8) is 0 Å². The highest BCUT2D eigenvalue weighted by Crippen LogP contribution is 2.25. The van der Waals surface area contributed by atoms with Crippen molar-refractivity contribution >= 4 is 17.4 Å². The number of thioether (sulfide) groups is 1. The highest BCUT2D eigenvalue weighted by molar-refractivity contribution is 7.98. The van der Waals surface area contributed by atoms with Crippen molar-refractivity contribution in [2.75, 3.05) is 11.6 Å². The molecule has 100 valence electrons. The molecule has 1 N–H and O–H groups in total. The summed E-state index contributed by atoms with van der Waals surface area (Å²) in [5.41, 5.74) is 5.21. The van der Waals surface area contributed by atoms with Gasteiger partial charge in [-0.2, -0.15) is 0 Å². The Morgan fingerprint density at radius 3 is 2.53 bits per heavy atom. The number of aryl methyl sites for hydroxylation is 2. The predicted octanol–water partition coefficient (Wildman–Crippen LogP) is 5.20. The zero-order valence-electron chi connectivity index (χ0n) is 12.0. The summed E-state index contributed by atoms with van der Waals surface area (Å²) in [6.45, 7) is 6.53. The summed E-state index contributed by atoms with van der Waals surface area (Å²) in [4.78, 5) is 1.29. The van der Waals surface area contributed by atoms with Crippen molar-refractivity contribution < 1.29 is 0 Å². The van der Waals surface area contributed by atoms with Gasteiger partial charge in [0.25, 0.3) is 0 Å². The fourth-order valence-electron chi connectivity index (χ4n) is 2.35. The first-order valence-electron chi connectivity index (χ1n) is 6.58. The molecule has 0 saturated carbocycles. The van der Waals surface area contributed by atoms with E-state index in [4.69, 9.17) is 0 Å². The van der Waals surface area contributed by atoms with E-state index in [9.17, 15) is 0 Å². The number of rotatable bonds is 4. The Kier molecular flexibility index (Phi) is 4.54. The van der Waals surface area contributed by atoms with Crippen LogP contribution >= 0.6 is 11.8 Å². The van der Waals surface area contributed by atoms with Crippen LogP contribution in [0.25, 0.3) is 0 Å². The molecule has 0 heterocycles. The van der Waals surface area contributed by atoms with Gasteiger partial charge in [-0.3, -0.25) is 0 Å². The minimum Gasteiger partial charge on any atom is -0.378 e. The summed E-state index contributed by atoms with van der Waals surface area (Å²) < 4.78 is 0. The largest absolute Gasteiger partial charge is 0.378 e. The number of anilines is 1. The highest BCUT2D eigenvalue weighted by atomic mass is 32.2. The average Bonchev–Trinajstić information content (AvgIpc) is 2.38. The second kappa shape index (κ2) is 6.16. The molecule has 2 rings (SSSR count). The Morgan fingerprint density at radius 1 is 1.05 bits per heavy atom. The SMILES string of the molecule is CSc1cccc(NC(C)c2ccc(C)cc2C)c1. The van der Waals surface area contributed by atoms with Crippen LogP contribution in [0.1, 0.15) is 29.7 Å². The Labute approximate surface area is 120 Å². The second-order valence-electron chi connectivity index (χ2n) is 4.96. The predicted molar refractivity (Wildman–Crippen MR) is 86.2 cm³/mol. The van der Waals surface area contributed by atoms with E-state index in [2.05, 4.69) is 74.8 Å². The van der Waals surface area contributed by atoms with E-state index < -0.39 is 0 Å². The van der Waals surface area contributed by atoms with Crippen molar-refractivity contribution in [1.29, 1.82) is 0 Å². The second-order valence-corrected chi connectivity index (χ2v) is 5.84. The lowest BCUT2D eigenvalue weighted by Crippen LogP contribution is -2.08. The van der Waals surface area contributed by atoms with Gasteiger partial charge in [0.1, 0.15) is 0 Å². The molecule has 0 amide bonds. The molecule has 2 aromatic rings. The lowest BCUT2D eigenvalue weighted by molar-refractivity contribution is 0.872. The first kappa shape index (κ1) is 14.0. The van der Waals surface area contributed by atoms with Crippen molar-refractivity contribution in [1.82, 2.24) is 0 Å². The fraction of sp³-hybridized carbons (Fsp3) is 0.294. The van der Waals surface area contributed by atoms with Crippen LogP contribution in [0.2, 0.25) is 0 Å². The fourth-order valence-corrected chi connectivity index (χ4v) is 2.81. The molecule has 2 aromatic carbocycles. The summed E-state index contributed by atoms with van der Waals surface area (Å²) in [6, 6.07) is 15.5. The van der Waals surface area contributed by atoms with Crippen LogP contribution in [0.15, 0.2) is 47.4 Å². The quantitative estimate of drug-likeness (QED) is 0.767. The van der Waals surface area contributed by atoms with Crippen molar-refractivity contribution in [2.24, 2.45) is 0 Å².